The van der Waals surface area contributed by atoms with Gasteiger partial charge in [-0.3, -0.25) is 9.59 Å². The summed E-state index contributed by atoms with van der Waals surface area (Å²) in [5, 5.41) is 0. The van der Waals surface area contributed by atoms with E-state index in [-0.39, 0.29) is 18.3 Å². The highest BCUT2D eigenvalue weighted by Crippen LogP contribution is 2.01. The highest BCUT2D eigenvalue weighted by molar-refractivity contribution is 5.77. The third kappa shape index (κ3) is 7.52. The Kier molecular flexibility index (Phi) is 9.05. The van der Waals surface area contributed by atoms with Crippen molar-refractivity contribution in [2.45, 2.75) is 19.3 Å². The van der Waals surface area contributed by atoms with Crippen molar-refractivity contribution in [2.75, 3.05) is 33.9 Å². The molecule has 0 unspecified atom stereocenters. The van der Waals surface area contributed by atoms with Gasteiger partial charge < -0.3 is 14.4 Å². The third-order valence-electron chi connectivity index (χ3n) is 2.29. The fourth-order valence-corrected chi connectivity index (χ4v) is 1.27. The lowest BCUT2D eigenvalue weighted by Crippen LogP contribution is -2.35. The van der Waals surface area contributed by atoms with Crippen LogP contribution >= 0.6 is 0 Å². The Morgan fingerprint density at radius 2 is 1.94 bits per heavy atom. The van der Waals surface area contributed by atoms with Crippen LogP contribution in [0.25, 0.3) is 0 Å². The molecule has 0 atom stereocenters. The molecule has 0 aliphatic carbocycles. The number of allylic oxidation sites excluding steroid dienone is 1. The van der Waals surface area contributed by atoms with Crippen LogP contribution in [0.2, 0.25) is 0 Å². The van der Waals surface area contributed by atoms with Gasteiger partial charge in [0.25, 0.3) is 0 Å². The highest BCUT2D eigenvalue weighted by atomic mass is 16.5. The summed E-state index contributed by atoms with van der Waals surface area (Å²) >= 11 is 0. The lowest BCUT2D eigenvalue weighted by molar-refractivity contribution is -0.141. The molecular formula is C12H21NO4. The molecule has 0 aromatic heterocycles. The summed E-state index contributed by atoms with van der Waals surface area (Å²) in [5.74, 6) is -0.310. The van der Waals surface area contributed by atoms with Crippen LogP contribution < -0.4 is 0 Å². The lowest BCUT2D eigenvalue weighted by atomic mass is 10.2. The zero-order valence-electron chi connectivity index (χ0n) is 10.6. The minimum absolute atomic E-state index is 0.00542. The summed E-state index contributed by atoms with van der Waals surface area (Å²) in [6.45, 7) is 4.89. The van der Waals surface area contributed by atoms with Crippen molar-refractivity contribution >= 4 is 11.9 Å². The Labute approximate surface area is 102 Å². The van der Waals surface area contributed by atoms with Gasteiger partial charge >= 0.3 is 5.97 Å². The van der Waals surface area contributed by atoms with Gasteiger partial charge in [0.2, 0.25) is 5.91 Å². The molecule has 17 heavy (non-hydrogen) atoms. The minimum Gasteiger partial charge on any atom is -0.469 e. The van der Waals surface area contributed by atoms with Gasteiger partial charge in [-0.25, -0.2) is 0 Å². The molecule has 0 aliphatic rings. The van der Waals surface area contributed by atoms with Gasteiger partial charge in [-0.15, -0.1) is 6.58 Å². The molecule has 0 saturated heterocycles. The molecule has 0 aromatic carbocycles. The maximum Gasteiger partial charge on any atom is 0.307 e. The number of hydrogen-bond acceptors (Lipinski definition) is 4. The highest BCUT2D eigenvalue weighted by Gasteiger charge is 2.14. The molecule has 0 N–H and O–H groups in total. The standard InChI is InChI=1S/C12H21NO4/c1-4-5-6-11(14)13(9-10-16-2)8-7-12(15)17-3/h4H,1,5-10H2,2-3H3. The van der Waals surface area contributed by atoms with Crippen molar-refractivity contribution in [1.82, 2.24) is 4.90 Å². The fourth-order valence-electron chi connectivity index (χ4n) is 1.27. The molecule has 0 aliphatic heterocycles. The molecule has 0 heterocycles. The van der Waals surface area contributed by atoms with Gasteiger partial charge in [0.15, 0.2) is 0 Å². The maximum absolute atomic E-state index is 11.8. The quantitative estimate of drug-likeness (QED) is 0.447. The SMILES string of the molecule is C=CCCC(=O)N(CCOC)CCC(=O)OC. The number of amides is 1. The lowest BCUT2D eigenvalue weighted by Gasteiger charge is -2.21. The van der Waals surface area contributed by atoms with E-state index in [9.17, 15) is 9.59 Å². The van der Waals surface area contributed by atoms with Crippen LogP contribution in [-0.4, -0.2) is 50.7 Å². The monoisotopic (exact) mass is 243 g/mol. The second-order valence-corrected chi connectivity index (χ2v) is 3.53. The van der Waals surface area contributed by atoms with E-state index < -0.39 is 0 Å². The normalized spacial score (nSPS) is 9.76. The van der Waals surface area contributed by atoms with Crippen molar-refractivity contribution in [2.24, 2.45) is 0 Å². The first-order valence-electron chi connectivity index (χ1n) is 5.60. The Morgan fingerprint density at radius 3 is 2.47 bits per heavy atom. The molecule has 1 amide bonds. The average Bonchev–Trinajstić information content (AvgIpc) is 2.35. The summed E-state index contributed by atoms with van der Waals surface area (Å²) in [5.41, 5.74) is 0. The number of rotatable bonds is 9. The van der Waals surface area contributed by atoms with Gasteiger partial charge in [0.05, 0.1) is 20.1 Å². The molecule has 5 heteroatoms. The smallest absolute Gasteiger partial charge is 0.307 e. The van der Waals surface area contributed by atoms with Gasteiger partial charge in [-0.2, -0.15) is 0 Å². The van der Waals surface area contributed by atoms with E-state index in [0.717, 1.165) is 0 Å². The third-order valence-corrected chi connectivity index (χ3v) is 2.29. The number of nitrogens with zero attached hydrogens (tertiary/aromatic N) is 1. The van der Waals surface area contributed by atoms with Gasteiger partial charge in [-0.1, -0.05) is 6.08 Å². The summed E-state index contributed by atoms with van der Waals surface area (Å²) in [6, 6.07) is 0. The molecule has 98 valence electrons. The van der Waals surface area contributed by atoms with Crippen LogP contribution in [0.1, 0.15) is 19.3 Å². The van der Waals surface area contributed by atoms with Crippen LogP contribution in [0, 0.1) is 0 Å². The number of carbonyl (C=O) groups is 2. The molecule has 0 rings (SSSR count). The van der Waals surface area contributed by atoms with Crippen LogP contribution in [-0.2, 0) is 19.1 Å². The van der Waals surface area contributed by atoms with Crippen molar-refractivity contribution in [3.63, 3.8) is 0 Å². The second-order valence-electron chi connectivity index (χ2n) is 3.53. The van der Waals surface area contributed by atoms with E-state index in [2.05, 4.69) is 11.3 Å². The van der Waals surface area contributed by atoms with Crippen molar-refractivity contribution in [3.05, 3.63) is 12.7 Å². The van der Waals surface area contributed by atoms with E-state index in [4.69, 9.17) is 4.74 Å². The van der Waals surface area contributed by atoms with Gasteiger partial charge in [0.1, 0.15) is 0 Å². The largest absolute Gasteiger partial charge is 0.469 e. The number of hydrogen-bond donors (Lipinski definition) is 0. The first-order valence-corrected chi connectivity index (χ1v) is 5.60. The molecule has 5 nitrogen and oxygen atoms in total. The molecule has 0 aromatic rings. The molecular weight excluding hydrogens is 222 g/mol. The van der Waals surface area contributed by atoms with Crippen molar-refractivity contribution in [1.29, 1.82) is 0 Å². The Bertz CT molecular complexity index is 253. The maximum atomic E-state index is 11.8. The Morgan fingerprint density at radius 1 is 1.24 bits per heavy atom. The van der Waals surface area contributed by atoms with Crippen molar-refractivity contribution in [3.8, 4) is 0 Å². The number of carbonyl (C=O) groups excluding carboxylic acids is 2. The summed E-state index contributed by atoms with van der Waals surface area (Å²) in [6.07, 6.45) is 2.96. The summed E-state index contributed by atoms with van der Waals surface area (Å²) < 4.78 is 9.47. The molecule has 0 fully saturated rings. The number of esters is 1. The summed E-state index contributed by atoms with van der Waals surface area (Å²) in [4.78, 5) is 24.4. The topological polar surface area (TPSA) is 55.8 Å². The van der Waals surface area contributed by atoms with Gasteiger partial charge in [0, 0.05) is 26.6 Å². The predicted octanol–water partition coefficient (Wildman–Crippen LogP) is 0.991. The van der Waals surface area contributed by atoms with Crippen LogP contribution in [0.5, 0.6) is 0 Å². The van der Waals surface area contributed by atoms with E-state index in [0.29, 0.717) is 32.5 Å². The van der Waals surface area contributed by atoms with Crippen LogP contribution in [0.15, 0.2) is 12.7 Å². The minimum atomic E-state index is -0.316. The fraction of sp³-hybridized carbons (Fsp3) is 0.667. The summed E-state index contributed by atoms with van der Waals surface area (Å²) in [7, 11) is 2.91. The first-order chi connectivity index (χ1) is 8.15. The number of methoxy groups -OCH3 is 2. The molecule has 0 bridgehead atoms. The van der Waals surface area contributed by atoms with Crippen molar-refractivity contribution < 1.29 is 19.1 Å². The number of ether oxygens (including phenoxy) is 2. The predicted molar refractivity (Wildman–Crippen MR) is 64.5 cm³/mol. The Hall–Kier alpha value is -1.36. The van der Waals surface area contributed by atoms with Crippen LogP contribution in [0.3, 0.4) is 0 Å². The molecule has 0 saturated carbocycles. The zero-order valence-corrected chi connectivity index (χ0v) is 10.6. The van der Waals surface area contributed by atoms with E-state index in [1.807, 2.05) is 0 Å². The molecule has 0 spiro atoms. The van der Waals surface area contributed by atoms with Gasteiger partial charge in [-0.05, 0) is 6.42 Å². The van der Waals surface area contributed by atoms with Crippen LogP contribution in [0.4, 0.5) is 0 Å². The van der Waals surface area contributed by atoms with E-state index in [1.165, 1.54) is 7.11 Å². The average molecular weight is 243 g/mol. The molecule has 0 radical (unpaired) electrons. The Balaban J connectivity index is 4.15. The zero-order chi connectivity index (χ0) is 13.1. The first kappa shape index (κ1) is 15.6. The van der Waals surface area contributed by atoms with E-state index >= 15 is 0 Å². The van der Waals surface area contributed by atoms with E-state index in [1.54, 1.807) is 18.1 Å². The second kappa shape index (κ2) is 9.84.